The molecule has 0 fully saturated rings. The molecule has 0 heterocycles. The van der Waals surface area contributed by atoms with E-state index >= 15 is 0 Å². The number of benzene rings is 3. The SMILES string of the molecule is Cc1ccc(S(=O)(=O)N(CC(=O)NCc2ccc(C=O)cc2)c2cccc(C)c2C)cc1. The number of nitrogens with one attached hydrogen (secondary N) is 1. The maximum absolute atomic E-state index is 13.5. The summed E-state index contributed by atoms with van der Waals surface area (Å²) in [5.41, 5.74) is 4.49. The van der Waals surface area contributed by atoms with Crippen LogP contribution in [0.5, 0.6) is 0 Å². The summed E-state index contributed by atoms with van der Waals surface area (Å²) in [7, 11) is -3.96. The van der Waals surface area contributed by atoms with Gasteiger partial charge in [-0.2, -0.15) is 0 Å². The molecule has 0 aliphatic heterocycles. The van der Waals surface area contributed by atoms with Crippen molar-refractivity contribution in [3.8, 4) is 0 Å². The summed E-state index contributed by atoms with van der Waals surface area (Å²) in [6.07, 6.45) is 0.750. The summed E-state index contributed by atoms with van der Waals surface area (Å²) >= 11 is 0. The van der Waals surface area contributed by atoms with Crippen LogP contribution >= 0.6 is 0 Å². The van der Waals surface area contributed by atoms with Crippen LogP contribution in [0.25, 0.3) is 0 Å². The Morgan fingerprint density at radius 3 is 2.22 bits per heavy atom. The number of carbonyl (C=O) groups is 2. The van der Waals surface area contributed by atoms with Crippen molar-refractivity contribution in [3.63, 3.8) is 0 Å². The Bertz CT molecular complexity index is 1220. The summed E-state index contributed by atoms with van der Waals surface area (Å²) < 4.78 is 28.2. The third-order valence-corrected chi connectivity index (χ3v) is 7.12. The number of aldehydes is 1. The monoisotopic (exact) mass is 450 g/mol. The Morgan fingerprint density at radius 2 is 1.59 bits per heavy atom. The zero-order valence-electron chi connectivity index (χ0n) is 18.3. The molecule has 1 amide bonds. The number of anilines is 1. The molecular formula is C25H26N2O4S. The van der Waals surface area contributed by atoms with Gasteiger partial charge in [0.25, 0.3) is 10.0 Å². The van der Waals surface area contributed by atoms with Crippen molar-refractivity contribution in [1.29, 1.82) is 0 Å². The van der Waals surface area contributed by atoms with Crippen molar-refractivity contribution in [3.05, 3.63) is 94.5 Å². The van der Waals surface area contributed by atoms with Crippen LogP contribution in [0.3, 0.4) is 0 Å². The van der Waals surface area contributed by atoms with E-state index in [1.165, 1.54) is 0 Å². The second kappa shape index (κ2) is 9.78. The van der Waals surface area contributed by atoms with Crippen LogP contribution in [0.1, 0.15) is 32.6 Å². The first-order chi connectivity index (χ1) is 15.2. The molecule has 0 radical (unpaired) electrons. The molecule has 0 aliphatic rings. The fourth-order valence-electron chi connectivity index (χ4n) is 3.24. The summed E-state index contributed by atoms with van der Waals surface area (Å²) in [5.74, 6) is -0.430. The fraction of sp³-hybridized carbons (Fsp3) is 0.200. The van der Waals surface area contributed by atoms with E-state index < -0.39 is 15.9 Å². The van der Waals surface area contributed by atoms with Gasteiger partial charge >= 0.3 is 0 Å². The molecule has 32 heavy (non-hydrogen) atoms. The smallest absolute Gasteiger partial charge is 0.264 e. The van der Waals surface area contributed by atoms with Gasteiger partial charge in [-0.15, -0.1) is 0 Å². The number of amides is 1. The number of carbonyl (C=O) groups excluding carboxylic acids is 2. The van der Waals surface area contributed by atoms with Crippen LogP contribution in [-0.4, -0.2) is 27.2 Å². The number of rotatable bonds is 8. The number of hydrogen-bond acceptors (Lipinski definition) is 4. The first-order valence-electron chi connectivity index (χ1n) is 10.2. The Balaban J connectivity index is 1.88. The van der Waals surface area contributed by atoms with Gasteiger partial charge in [-0.1, -0.05) is 54.1 Å². The molecule has 166 valence electrons. The zero-order chi connectivity index (χ0) is 23.3. The molecule has 0 aromatic heterocycles. The van der Waals surface area contributed by atoms with Crippen LogP contribution < -0.4 is 9.62 Å². The largest absolute Gasteiger partial charge is 0.350 e. The second-order valence-corrected chi connectivity index (χ2v) is 9.54. The van der Waals surface area contributed by atoms with E-state index in [2.05, 4.69) is 5.32 Å². The summed E-state index contributed by atoms with van der Waals surface area (Å²) in [6, 6.07) is 18.8. The molecule has 0 unspecified atom stereocenters. The Kier molecular flexibility index (Phi) is 7.10. The highest BCUT2D eigenvalue weighted by atomic mass is 32.2. The van der Waals surface area contributed by atoms with Crippen molar-refractivity contribution < 1.29 is 18.0 Å². The quantitative estimate of drug-likeness (QED) is 0.527. The zero-order valence-corrected chi connectivity index (χ0v) is 19.1. The number of nitrogens with zero attached hydrogens (tertiary/aromatic N) is 1. The molecule has 7 heteroatoms. The lowest BCUT2D eigenvalue weighted by molar-refractivity contribution is -0.119. The molecule has 6 nitrogen and oxygen atoms in total. The maximum Gasteiger partial charge on any atom is 0.264 e. The number of aryl methyl sites for hydroxylation is 2. The Hall–Kier alpha value is -3.45. The molecule has 0 bridgehead atoms. The van der Waals surface area contributed by atoms with Crippen molar-refractivity contribution in [2.45, 2.75) is 32.2 Å². The van der Waals surface area contributed by atoms with E-state index in [-0.39, 0.29) is 18.0 Å². The highest BCUT2D eigenvalue weighted by Gasteiger charge is 2.28. The molecule has 1 N–H and O–H groups in total. The molecule has 0 saturated carbocycles. The van der Waals surface area contributed by atoms with Gasteiger partial charge in [-0.25, -0.2) is 8.42 Å². The van der Waals surface area contributed by atoms with Gasteiger partial charge in [-0.05, 0) is 55.7 Å². The lowest BCUT2D eigenvalue weighted by Crippen LogP contribution is -2.41. The average Bonchev–Trinajstić information content (AvgIpc) is 2.78. The fourth-order valence-corrected chi connectivity index (χ4v) is 4.72. The van der Waals surface area contributed by atoms with Gasteiger partial charge in [-0.3, -0.25) is 13.9 Å². The van der Waals surface area contributed by atoms with E-state index in [1.807, 2.05) is 26.8 Å². The lowest BCUT2D eigenvalue weighted by Gasteiger charge is -2.26. The number of hydrogen-bond donors (Lipinski definition) is 1. The normalized spacial score (nSPS) is 11.1. The van der Waals surface area contributed by atoms with Gasteiger partial charge in [0.05, 0.1) is 10.6 Å². The molecule has 0 saturated heterocycles. The summed E-state index contributed by atoms with van der Waals surface area (Å²) in [6.45, 7) is 5.50. The van der Waals surface area contributed by atoms with Crippen LogP contribution in [0, 0.1) is 20.8 Å². The predicted molar refractivity (Wildman–Crippen MR) is 125 cm³/mol. The van der Waals surface area contributed by atoms with Gasteiger partial charge in [0.1, 0.15) is 12.8 Å². The van der Waals surface area contributed by atoms with E-state index in [0.29, 0.717) is 11.3 Å². The Labute approximate surface area is 188 Å². The minimum Gasteiger partial charge on any atom is -0.350 e. The van der Waals surface area contributed by atoms with Crippen molar-refractivity contribution in [2.75, 3.05) is 10.8 Å². The van der Waals surface area contributed by atoms with Gasteiger partial charge in [0.2, 0.25) is 5.91 Å². The standard InChI is InChI=1S/C25H26N2O4S/c1-18-7-13-23(14-8-18)32(30,31)27(24-6-4-5-19(2)20(24)3)16-25(29)26-15-21-9-11-22(17-28)12-10-21/h4-14,17H,15-16H2,1-3H3,(H,26,29). The van der Waals surface area contributed by atoms with Gasteiger partial charge in [0.15, 0.2) is 0 Å². The van der Waals surface area contributed by atoms with E-state index in [4.69, 9.17) is 0 Å². The predicted octanol–water partition coefficient (Wildman–Crippen LogP) is 3.94. The van der Waals surface area contributed by atoms with Gasteiger partial charge in [0, 0.05) is 12.1 Å². The van der Waals surface area contributed by atoms with Crippen molar-refractivity contribution in [2.24, 2.45) is 0 Å². The van der Waals surface area contributed by atoms with Crippen molar-refractivity contribution >= 4 is 27.9 Å². The summed E-state index contributed by atoms with van der Waals surface area (Å²) in [5, 5.41) is 2.77. The topological polar surface area (TPSA) is 83.6 Å². The molecule has 3 aromatic rings. The lowest BCUT2D eigenvalue weighted by atomic mass is 10.1. The third kappa shape index (κ3) is 5.23. The second-order valence-electron chi connectivity index (χ2n) is 7.68. The average molecular weight is 451 g/mol. The highest BCUT2D eigenvalue weighted by Crippen LogP contribution is 2.28. The molecule has 0 atom stereocenters. The number of sulfonamides is 1. The van der Waals surface area contributed by atoms with Crippen LogP contribution in [0.15, 0.2) is 71.6 Å². The Morgan fingerprint density at radius 1 is 0.938 bits per heavy atom. The van der Waals surface area contributed by atoms with Crippen LogP contribution in [0.4, 0.5) is 5.69 Å². The molecule has 0 aliphatic carbocycles. The maximum atomic E-state index is 13.5. The van der Waals surface area contributed by atoms with Crippen LogP contribution in [0.2, 0.25) is 0 Å². The first-order valence-corrected chi connectivity index (χ1v) is 11.6. The minimum atomic E-state index is -3.96. The molecular weight excluding hydrogens is 424 g/mol. The third-order valence-electron chi connectivity index (χ3n) is 5.35. The molecule has 3 rings (SSSR count). The van der Waals surface area contributed by atoms with Gasteiger partial charge < -0.3 is 5.32 Å². The van der Waals surface area contributed by atoms with Crippen molar-refractivity contribution in [1.82, 2.24) is 5.32 Å². The minimum absolute atomic E-state index is 0.126. The molecule has 3 aromatic carbocycles. The molecule has 0 spiro atoms. The van der Waals surface area contributed by atoms with Crippen LogP contribution in [-0.2, 0) is 21.4 Å². The van der Waals surface area contributed by atoms with E-state index in [1.54, 1.807) is 60.7 Å². The van der Waals surface area contributed by atoms with E-state index in [9.17, 15) is 18.0 Å². The first kappa shape index (κ1) is 23.2. The highest BCUT2D eigenvalue weighted by molar-refractivity contribution is 7.92. The summed E-state index contributed by atoms with van der Waals surface area (Å²) in [4.78, 5) is 23.7. The van der Waals surface area contributed by atoms with E-state index in [0.717, 1.165) is 32.8 Å².